The van der Waals surface area contributed by atoms with E-state index in [2.05, 4.69) is 0 Å². The summed E-state index contributed by atoms with van der Waals surface area (Å²) >= 11 is 0. The predicted molar refractivity (Wildman–Crippen MR) is 46.7 cm³/mol. The molecule has 6 heteroatoms. The quantitative estimate of drug-likeness (QED) is 0.795. The van der Waals surface area contributed by atoms with Crippen LogP contribution in [0.3, 0.4) is 0 Å². The van der Waals surface area contributed by atoms with Crippen molar-refractivity contribution >= 4 is 5.97 Å². The van der Waals surface area contributed by atoms with Gasteiger partial charge in [0.1, 0.15) is 6.10 Å². The lowest BCUT2D eigenvalue weighted by Gasteiger charge is -2.06. The Morgan fingerprint density at radius 1 is 1.25 bits per heavy atom. The Balaban J connectivity index is 2.13. The number of rotatable bonds is 2. The van der Waals surface area contributed by atoms with E-state index in [0.29, 0.717) is 5.56 Å². The fourth-order valence-electron chi connectivity index (χ4n) is 1.42. The van der Waals surface area contributed by atoms with E-state index in [1.54, 1.807) is 0 Å². The third kappa shape index (κ3) is 2.01. The Kier molecular flexibility index (Phi) is 2.38. The maximum Gasteiger partial charge on any atom is 0.416 e. The molecule has 0 aromatic heterocycles. The first kappa shape index (κ1) is 10.9. The van der Waals surface area contributed by atoms with Crippen LogP contribution in [0.5, 0.6) is 0 Å². The molecule has 1 N–H and O–H groups in total. The zero-order chi connectivity index (χ0) is 11.9. The highest BCUT2D eigenvalue weighted by atomic mass is 19.4. The van der Waals surface area contributed by atoms with Crippen LogP contribution in [0.4, 0.5) is 13.2 Å². The first-order valence-corrected chi connectivity index (χ1v) is 4.45. The summed E-state index contributed by atoms with van der Waals surface area (Å²) in [6.07, 6.45) is -5.94. The van der Waals surface area contributed by atoms with Crippen molar-refractivity contribution in [3.05, 3.63) is 35.4 Å². The number of ether oxygens (including phenoxy) is 1. The SMILES string of the molecule is O=C(O)C1OC1c1ccc(C(F)(F)F)cc1. The van der Waals surface area contributed by atoms with Gasteiger partial charge in [0.15, 0.2) is 6.10 Å². The van der Waals surface area contributed by atoms with E-state index in [1.165, 1.54) is 12.1 Å². The number of carbonyl (C=O) groups is 1. The third-order valence-electron chi connectivity index (χ3n) is 2.30. The van der Waals surface area contributed by atoms with Gasteiger partial charge in [-0.3, -0.25) is 0 Å². The highest BCUT2D eigenvalue weighted by Crippen LogP contribution is 2.39. The van der Waals surface area contributed by atoms with E-state index in [9.17, 15) is 18.0 Å². The first-order chi connectivity index (χ1) is 7.39. The molecule has 0 radical (unpaired) electrons. The second-order valence-corrected chi connectivity index (χ2v) is 3.44. The Morgan fingerprint density at radius 3 is 2.19 bits per heavy atom. The van der Waals surface area contributed by atoms with Crippen molar-refractivity contribution in [3.8, 4) is 0 Å². The van der Waals surface area contributed by atoms with Gasteiger partial charge in [-0.05, 0) is 17.7 Å². The van der Waals surface area contributed by atoms with E-state index in [0.717, 1.165) is 12.1 Å². The molecule has 2 atom stereocenters. The van der Waals surface area contributed by atoms with E-state index in [4.69, 9.17) is 9.84 Å². The molecular formula is C10H7F3O3. The van der Waals surface area contributed by atoms with Crippen LogP contribution in [0, 0.1) is 0 Å². The number of carboxylic acids is 1. The number of benzene rings is 1. The zero-order valence-corrected chi connectivity index (χ0v) is 7.86. The standard InChI is InChI=1S/C10H7F3O3/c11-10(12,13)6-3-1-5(2-4-6)7-8(16-7)9(14)15/h1-4,7-8H,(H,14,15). The Bertz CT molecular complexity index is 410. The Morgan fingerprint density at radius 2 is 1.81 bits per heavy atom. The van der Waals surface area contributed by atoms with E-state index in [-0.39, 0.29) is 0 Å². The minimum atomic E-state index is -4.38. The first-order valence-electron chi connectivity index (χ1n) is 4.45. The molecule has 1 aliphatic rings. The van der Waals surface area contributed by atoms with Gasteiger partial charge in [0, 0.05) is 0 Å². The summed E-state index contributed by atoms with van der Waals surface area (Å²) in [7, 11) is 0. The third-order valence-corrected chi connectivity index (χ3v) is 2.30. The van der Waals surface area contributed by atoms with Crippen molar-refractivity contribution in [2.45, 2.75) is 18.4 Å². The molecule has 1 heterocycles. The van der Waals surface area contributed by atoms with Crippen LogP contribution in [0.2, 0.25) is 0 Å². The van der Waals surface area contributed by atoms with Gasteiger partial charge in [0.05, 0.1) is 5.56 Å². The van der Waals surface area contributed by atoms with Gasteiger partial charge in [-0.1, -0.05) is 12.1 Å². The molecule has 2 rings (SSSR count). The van der Waals surface area contributed by atoms with Crippen molar-refractivity contribution in [3.63, 3.8) is 0 Å². The van der Waals surface area contributed by atoms with Gasteiger partial charge in [0.2, 0.25) is 0 Å². The summed E-state index contributed by atoms with van der Waals surface area (Å²) in [5, 5.41) is 8.56. The molecule has 1 aromatic rings. The summed E-state index contributed by atoms with van der Waals surface area (Å²) in [5.41, 5.74) is -0.316. The summed E-state index contributed by atoms with van der Waals surface area (Å²) < 4.78 is 41.5. The number of epoxide rings is 1. The Hall–Kier alpha value is -1.56. The molecule has 0 aliphatic carbocycles. The lowest BCUT2D eigenvalue weighted by Crippen LogP contribution is -2.06. The molecule has 0 saturated carbocycles. The summed E-state index contributed by atoms with van der Waals surface area (Å²) in [6.45, 7) is 0. The van der Waals surface area contributed by atoms with Gasteiger partial charge >= 0.3 is 12.1 Å². The maximum absolute atomic E-state index is 12.2. The number of alkyl halides is 3. The molecule has 1 saturated heterocycles. The van der Waals surface area contributed by atoms with Gasteiger partial charge in [0.25, 0.3) is 0 Å². The lowest BCUT2D eigenvalue weighted by molar-refractivity contribution is -0.139. The largest absolute Gasteiger partial charge is 0.479 e. The molecule has 1 aliphatic heterocycles. The van der Waals surface area contributed by atoms with Gasteiger partial charge < -0.3 is 9.84 Å². The molecule has 2 unspecified atom stereocenters. The predicted octanol–water partition coefficient (Wildman–Crippen LogP) is 2.23. The molecule has 0 amide bonds. The monoisotopic (exact) mass is 232 g/mol. The highest BCUT2D eigenvalue weighted by Gasteiger charge is 2.46. The molecule has 1 aromatic carbocycles. The zero-order valence-electron chi connectivity index (χ0n) is 7.86. The van der Waals surface area contributed by atoms with Crippen LogP contribution in [0.1, 0.15) is 17.2 Å². The van der Waals surface area contributed by atoms with E-state index in [1.807, 2.05) is 0 Å². The average molecular weight is 232 g/mol. The van der Waals surface area contributed by atoms with Crippen molar-refractivity contribution in [1.29, 1.82) is 0 Å². The minimum absolute atomic E-state index is 0.445. The average Bonchev–Trinajstić information content (AvgIpc) is 2.96. The van der Waals surface area contributed by atoms with Crippen LogP contribution in [-0.4, -0.2) is 17.2 Å². The topological polar surface area (TPSA) is 49.8 Å². The van der Waals surface area contributed by atoms with Crippen molar-refractivity contribution < 1.29 is 27.8 Å². The maximum atomic E-state index is 12.2. The number of carboxylic acid groups (broad SMARTS) is 1. The molecule has 1 fully saturated rings. The summed E-state index contributed by atoms with van der Waals surface area (Å²) in [6, 6.07) is 4.29. The highest BCUT2D eigenvalue weighted by molar-refractivity contribution is 5.76. The smallest absolute Gasteiger partial charge is 0.416 e. The summed E-state index contributed by atoms with van der Waals surface area (Å²) in [4.78, 5) is 10.5. The number of aliphatic carboxylic acids is 1. The van der Waals surface area contributed by atoms with Gasteiger partial charge in [-0.2, -0.15) is 13.2 Å². The summed E-state index contributed by atoms with van der Waals surface area (Å²) in [5.74, 6) is -1.11. The van der Waals surface area contributed by atoms with Crippen LogP contribution >= 0.6 is 0 Å². The molecule has 0 bridgehead atoms. The molecule has 0 spiro atoms. The number of hydrogen-bond acceptors (Lipinski definition) is 2. The molecule has 16 heavy (non-hydrogen) atoms. The number of hydrogen-bond donors (Lipinski definition) is 1. The van der Waals surface area contributed by atoms with Gasteiger partial charge in [-0.25, -0.2) is 4.79 Å². The van der Waals surface area contributed by atoms with Crippen molar-refractivity contribution in [2.75, 3.05) is 0 Å². The fourth-order valence-corrected chi connectivity index (χ4v) is 1.42. The molecule has 3 nitrogen and oxygen atoms in total. The van der Waals surface area contributed by atoms with Crippen LogP contribution in [-0.2, 0) is 15.7 Å². The second kappa shape index (κ2) is 3.48. The van der Waals surface area contributed by atoms with Crippen molar-refractivity contribution in [2.24, 2.45) is 0 Å². The Labute approximate surface area is 88.5 Å². The van der Waals surface area contributed by atoms with Gasteiger partial charge in [-0.15, -0.1) is 0 Å². The molecule has 86 valence electrons. The van der Waals surface area contributed by atoms with E-state index < -0.39 is 29.9 Å². The van der Waals surface area contributed by atoms with E-state index >= 15 is 0 Å². The normalized spacial score (nSPS) is 24.2. The number of halogens is 3. The van der Waals surface area contributed by atoms with Crippen molar-refractivity contribution in [1.82, 2.24) is 0 Å². The van der Waals surface area contributed by atoms with Crippen LogP contribution in [0.15, 0.2) is 24.3 Å². The fraction of sp³-hybridized carbons (Fsp3) is 0.300. The van der Waals surface area contributed by atoms with Crippen LogP contribution in [0.25, 0.3) is 0 Å². The van der Waals surface area contributed by atoms with Crippen LogP contribution < -0.4 is 0 Å². The minimum Gasteiger partial charge on any atom is -0.479 e. The molecular weight excluding hydrogens is 225 g/mol. The second-order valence-electron chi connectivity index (χ2n) is 3.44. The lowest BCUT2D eigenvalue weighted by atomic mass is 10.1.